The number of hydrogen-bond acceptors (Lipinski definition) is 3. The molecule has 2 rings (SSSR count). The minimum Gasteiger partial charge on any atom is -0.223 e. The molecule has 0 aliphatic rings. The van der Waals surface area contributed by atoms with Crippen LogP contribution in [0.15, 0.2) is 39.9 Å². The number of hydrogen-bond donors (Lipinski definition) is 0. The Balaban J connectivity index is 2.58. The highest BCUT2D eigenvalue weighted by molar-refractivity contribution is 7.92. The fourth-order valence-corrected chi connectivity index (χ4v) is 3.52. The van der Waals surface area contributed by atoms with E-state index in [1.54, 1.807) is 23.6 Å². The number of sulfone groups is 1. The molecule has 0 saturated heterocycles. The van der Waals surface area contributed by atoms with Crippen LogP contribution in [0.25, 0.3) is 11.1 Å². The molecule has 0 saturated carbocycles. The molecule has 16 heavy (non-hydrogen) atoms. The second kappa shape index (κ2) is 3.99. The topological polar surface area (TPSA) is 34.1 Å². The third-order valence-corrected chi connectivity index (χ3v) is 4.92. The van der Waals surface area contributed by atoms with E-state index < -0.39 is 9.84 Å². The maximum absolute atomic E-state index is 12.7. The van der Waals surface area contributed by atoms with Crippen LogP contribution in [0.3, 0.4) is 0 Å². The van der Waals surface area contributed by atoms with Gasteiger partial charge < -0.3 is 0 Å². The zero-order valence-corrected chi connectivity index (χ0v) is 10.1. The van der Waals surface area contributed by atoms with Crippen molar-refractivity contribution in [1.82, 2.24) is 0 Å². The second-order valence-corrected chi connectivity index (χ2v) is 6.53. The summed E-state index contributed by atoms with van der Waals surface area (Å²) in [6, 6.07) is 7.52. The molecular weight excluding hydrogens is 247 g/mol. The van der Waals surface area contributed by atoms with Gasteiger partial charge in [0.1, 0.15) is 10.0 Å². The van der Waals surface area contributed by atoms with Gasteiger partial charge in [-0.1, -0.05) is 12.1 Å². The lowest BCUT2D eigenvalue weighted by Gasteiger charge is -2.01. The lowest BCUT2D eigenvalue weighted by molar-refractivity contribution is 0.604. The van der Waals surface area contributed by atoms with Crippen molar-refractivity contribution in [2.75, 3.05) is 6.26 Å². The van der Waals surface area contributed by atoms with Crippen LogP contribution in [0.4, 0.5) is 4.39 Å². The Morgan fingerprint density at radius 1 is 1.12 bits per heavy atom. The maximum atomic E-state index is 12.7. The van der Waals surface area contributed by atoms with E-state index >= 15 is 0 Å². The summed E-state index contributed by atoms with van der Waals surface area (Å²) < 4.78 is 36.0. The summed E-state index contributed by atoms with van der Waals surface area (Å²) in [4.78, 5) is 0. The van der Waals surface area contributed by atoms with Crippen molar-refractivity contribution in [3.8, 4) is 11.1 Å². The Kier molecular flexibility index (Phi) is 2.82. The lowest BCUT2D eigenvalue weighted by atomic mass is 10.1. The Hall–Kier alpha value is -1.20. The quantitative estimate of drug-likeness (QED) is 0.828. The molecule has 0 radical (unpaired) electrons. The number of thiophene rings is 1. The van der Waals surface area contributed by atoms with Crippen LogP contribution < -0.4 is 0 Å². The van der Waals surface area contributed by atoms with Crippen molar-refractivity contribution in [2.45, 2.75) is 4.21 Å². The Morgan fingerprint density at radius 2 is 1.75 bits per heavy atom. The predicted molar refractivity (Wildman–Crippen MR) is 62.8 cm³/mol. The molecule has 2 aromatic rings. The first kappa shape index (κ1) is 11.3. The molecule has 0 atom stereocenters. The lowest BCUT2D eigenvalue weighted by Crippen LogP contribution is -1.95. The fourth-order valence-electron chi connectivity index (χ4n) is 1.43. The number of benzene rings is 1. The van der Waals surface area contributed by atoms with Gasteiger partial charge in [0.15, 0.2) is 9.84 Å². The third kappa shape index (κ3) is 2.15. The highest BCUT2D eigenvalue weighted by Crippen LogP contribution is 2.31. The second-order valence-electron chi connectivity index (χ2n) is 3.40. The van der Waals surface area contributed by atoms with Crippen molar-refractivity contribution in [1.29, 1.82) is 0 Å². The average molecular weight is 256 g/mol. The van der Waals surface area contributed by atoms with Crippen molar-refractivity contribution in [3.63, 3.8) is 0 Å². The summed E-state index contributed by atoms with van der Waals surface area (Å²) in [5.41, 5.74) is 1.34. The van der Waals surface area contributed by atoms with E-state index in [-0.39, 0.29) is 5.82 Å². The van der Waals surface area contributed by atoms with Crippen LogP contribution in [-0.2, 0) is 9.84 Å². The molecule has 84 valence electrons. The van der Waals surface area contributed by atoms with Gasteiger partial charge in [-0.15, -0.1) is 11.3 Å². The Labute approximate surface area is 97.3 Å². The van der Waals surface area contributed by atoms with E-state index in [9.17, 15) is 12.8 Å². The standard InChI is InChI=1S/C11H9FO2S2/c1-16(13,14)11-10(6-7-15-11)8-2-4-9(12)5-3-8/h2-7H,1H3. The van der Waals surface area contributed by atoms with Crippen molar-refractivity contribution < 1.29 is 12.8 Å². The predicted octanol–water partition coefficient (Wildman–Crippen LogP) is 2.96. The largest absolute Gasteiger partial charge is 0.223 e. The van der Waals surface area contributed by atoms with Crippen LogP contribution in [-0.4, -0.2) is 14.7 Å². The minimum atomic E-state index is -3.22. The van der Waals surface area contributed by atoms with Crippen molar-refractivity contribution >= 4 is 21.2 Å². The Morgan fingerprint density at radius 3 is 2.31 bits per heavy atom. The molecule has 5 heteroatoms. The normalized spacial score (nSPS) is 11.6. The molecular formula is C11H9FO2S2. The highest BCUT2D eigenvalue weighted by Gasteiger charge is 2.15. The van der Waals surface area contributed by atoms with Gasteiger partial charge >= 0.3 is 0 Å². The molecule has 1 heterocycles. The zero-order chi connectivity index (χ0) is 11.8. The SMILES string of the molecule is CS(=O)(=O)c1sccc1-c1ccc(F)cc1. The van der Waals surface area contributed by atoms with E-state index in [0.717, 1.165) is 0 Å². The molecule has 0 spiro atoms. The zero-order valence-electron chi connectivity index (χ0n) is 8.48. The van der Waals surface area contributed by atoms with E-state index in [4.69, 9.17) is 0 Å². The molecule has 0 aliphatic heterocycles. The molecule has 0 unspecified atom stereocenters. The van der Waals surface area contributed by atoms with Gasteiger partial charge in [0.05, 0.1) is 0 Å². The van der Waals surface area contributed by atoms with Gasteiger partial charge in [-0.3, -0.25) is 0 Å². The van der Waals surface area contributed by atoms with Crippen LogP contribution in [0.5, 0.6) is 0 Å². The molecule has 2 nitrogen and oxygen atoms in total. The minimum absolute atomic E-state index is 0.319. The summed E-state index contributed by atoms with van der Waals surface area (Å²) in [6.07, 6.45) is 1.17. The van der Waals surface area contributed by atoms with Gasteiger partial charge in [-0.2, -0.15) is 0 Å². The molecule has 0 bridgehead atoms. The van der Waals surface area contributed by atoms with Crippen LogP contribution >= 0.6 is 11.3 Å². The summed E-state index contributed by atoms with van der Waals surface area (Å²) in [6.45, 7) is 0. The van der Waals surface area contributed by atoms with Gasteiger partial charge in [0.2, 0.25) is 0 Å². The highest BCUT2D eigenvalue weighted by atomic mass is 32.2. The molecule has 0 N–H and O–H groups in total. The monoisotopic (exact) mass is 256 g/mol. The molecule has 0 fully saturated rings. The van der Waals surface area contributed by atoms with Crippen molar-refractivity contribution in [3.05, 3.63) is 41.5 Å². The summed E-state index contributed by atoms with van der Waals surface area (Å²) in [5, 5.41) is 1.72. The van der Waals surface area contributed by atoms with Crippen LogP contribution in [0, 0.1) is 5.82 Å². The summed E-state index contributed by atoms with van der Waals surface area (Å²) in [5.74, 6) is -0.333. The third-order valence-electron chi connectivity index (χ3n) is 2.12. The van der Waals surface area contributed by atoms with Gasteiger partial charge in [-0.25, -0.2) is 12.8 Å². The van der Waals surface area contributed by atoms with E-state index in [1.807, 2.05) is 0 Å². The van der Waals surface area contributed by atoms with E-state index in [0.29, 0.717) is 15.3 Å². The van der Waals surface area contributed by atoms with Gasteiger partial charge in [0, 0.05) is 11.8 Å². The molecule has 1 aromatic heterocycles. The van der Waals surface area contributed by atoms with Crippen LogP contribution in [0.1, 0.15) is 0 Å². The fraction of sp³-hybridized carbons (Fsp3) is 0.0909. The average Bonchev–Trinajstić information content (AvgIpc) is 2.66. The van der Waals surface area contributed by atoms with E-state index in [2.05, 4.69) is 0 Å². The summed E-state index contributed by atoms with van der Waals surface area (Å²) >= 11 is 1.17. The van der Waals surface area contributed by atoms with Gasteiger partial charge in [-0.05, 0) is 29.1 Å². The number of halogens is 1. The Bertz CT molecular complexity index is 597. The first-order chi connectivity index (χ1) is 7.48. The van der Waals surface area contributed by atoms with Crippen LogP contribution in [0.2, 0.25) is 0 Å². The van der Waals surface area contributed by atoms with Gasteiger partial charge in [0.25, 0.3) is 0 Å². The molecule has 0 amide bonds. The smallest absolute Gasteiger partial charge is 0.185 e. The summed E-state index contributed by atoms with van der Waals surface area (Å²) in [7, 11) is -3.22. The first-order valence-electron chi connectivity index (χ1n) is 4.52. The maximum Gasteiger partial charge on any atom is 0.185 e. The molecule has 1 aromatic carbocycles. The van der Waals surface area contributed by atoms with Crippen molar-refractivity contribution in [2.24, 2.45) is 0 Å². The van der Waals surface area contributed by atoms with E-state index in [1.165, 1.54) is 29.7 Å². The molecule has 0 aliphatic carbocycles. The first-order valence-corrected chi connectivity index (χ1v) is 7.29. The number of rotatable bonds is 2.